The van der Waals surface area contributed by atoms with Crippen molar-refractivity contribution in [1.29, 1.82) is 0 Å². The molecule has 0 saturated carbocycles. The lowest BCUT2D eigenvalue weighted by Gasteiger charge is -2.09. The number of benzene rings is 10. The first-order chi connectivity index (χ1) is 64.6. The zero-order chi connectivity index (χ0) is 99.8. The number of aromatic nitrogens is 5. The molecule has 20 aromatic rings. The molecule has 10 nitrogen and oxygen atoms in total. The Morgan fingerprint density at radius 2 is 0.595 bits per heavy atom. The molecule has 0 amide bonds. The standard InChI is InChI=1S/2C22H22NO.2C21H20NO.C20H18NO/c1-13-11-18(23(5)12-16(13)4)21-15(3)10-14(2)20-17-8-6-7-9-19(17)24-22(20)21;1-14(2)16-11-12-23(4)19(13-16)21-15(3)9-10-18-17-7-5-6-8-20(17)24-22(18)21;1-13-9-10-17-16-7-5-6-8-19(16)23-21(17)20(13)18-11-14(2)15(3)12-22(18)4;1-13-9-10-17(22(4)12-13)20-15(3)11-14(2)19-16-7-5-6-8-18(16)23-21(19)20;1-13-8-11-17(21(3)12-13)19-14(2)9-10-16-15-6-4-5-7-18(15)22-20(16)19/h6-12H,1-5H3;5-14H,1-4H3;2*5-12H,1-4H3;4-12H,1-3H3/q5*+1/i2D3,4D3;1D3,14D;3D3;1D3,2D3;1D3. The van der Waals surface area contributed by atoms with Gasteiger partial charge in [0.1, 0.15) is 91.1 Å². The van der Waals surface area contributed by atoms with Gasteiger partial charge in [0.05, 0.1) is 27.8 Å². The van der Waals surface area contributed by atoms with Crippen LogP contribution in [0.25, 0.3) is 166 Å². The Labute approximate surface area is 709 Å². The maximum absolute atomic E-state index is 8.46. The summed E-state index contributed by atoms with van der Waals surface area (Å²) in [5, 5.41) is 9.01. The van der Waals surface area contributed by atoms with Gasteiger partial charge in [-0.15, -0.1) is 0 Å². The van der Waals surface area contributed by atoms with E-state index in [4.69, 9.17) is 52.2 Å². The van der Waals surface area contributed by atoms with Gasteiger partial charge >= 0.3 is 0 Å². The van der Waals surface area contributed by atoms with E-state index in [1.165, 1.54) is 6.92 Å². The zero-order valence-corrected chi connectivity index (χ0v) is 66.9. The van der Waals surface area contributed by atoms with Gasteiger partial charge in [-0.25, -0.2) is 22.8 Å². The van der Waals surface area contributed by atoms with Crippen LogP contribution in [-0.4, -0.2) is 0 Å². The molecule has 576 valence electrons. The van der Waals surface area contributed by atoms with Crippen molar-refractivity contribution < 1.29 is 75.1 Å². The van der Waals surface area contributed by atoms with E-state index >= 15 is 0 Å². The second-order valence-corrected chi connectivity index (χ2v) is 30.1. The maximum atomic E-state index is 8.46. The van der Waals surface area contributed by atoms with E-state index in [-0.39, 0.29) is 22.3 Å². The molecule has 1 unspecified atom stereocenters. The Morgan fingerprint density at radius 1 is 0.267 bits per heavy atom. The minimum atomic E-state index is -2.43. The average molecular weight is 1550 g/mol. The number of rotatable bonds is 6. The monoisotopic (exact) mass is 1550 g/mol. The maximum Gasteiger partial charge on any atom is 0.216 e. The highest BCUT2D eigenvalue weighted by molar-refractivity contribution is 6.15. The minimum Gasteiger partial charge on any atom is -0.455 e. The summed E-state index contributed by atoms with van der Waals surface area (Å²) in [4.78, 5) is 0. The van der Waals surface area contributed by atoms with Crippen LogP contribution in [0.15, 0.2) is 271 Å². The van der Waals surface area contributed by atoms with Gasteiger partial charge in [-0.1, -0.05) is 153 Å². The van der Waals surface area contributed by atoms with Gasteiger partial charge in [0.25, 0.3) is 0 Å². The predicted molar refractivity (Wildman–Crippen MR) is 477 cm³/mol. The van der Waals surface area contributed by atoms with Gasteiger partial charge in [-0.3, -0.25) is 0 Å². The van der Waals surface area contributed by atoms with Crippen LogP contribution < -0.4 is 22.8 Å². The molecule has 116 heavy (non-hydrogen) atoms. The quantitative estimate of drug-likeness (QED) is 0.155. The molecule has 0 saturated heterocycles. The van der Waals surface area contributed by atoms with Crippen LogP contribution in [0.3, 0.4) is 0 Å². The summed E-state index contributed by atoms with van der Waals surface area (Å²) < 4.78 is 212. The van der Waals surface area contributed by atoms with Crippen molar-refractivity contribution in [1.82, 2.24) is 0 Å². The highest BCUT2D eigenvalue weighted by atomic mass is 16.3. The predicted octanol–water partition coefficient (Wildman–Crippen LogP) is 25.5. The van der Waals surface area contributed by atoms with E-state index in [1.54, 1.807) is 97.4 Å². The lowest BCUT2D eigenvalue weighted by molar-refractivity contribution is -0.660. The molecule has 0 aliphatic rings. The van der Waals surface area contributed by atoms with Crippen molar-refractivity contribution in [2.75, 3.05) is 0 Å². The largest absolute Gasteiger partial charge is 0.455 e. The molecule has 0 spiro atoms. The first-order valence-electron chi connectivity index (χ1n) is 49.3. The Hall–Kier alpha value is -13.1. The normalized spacial score (nSPS) is 15.6. The molecule has 10 heterocycles. The SMILES string of the molecule is [2H]C([2H])([2H])C([2H])(C)c1cc[n+](C)c(-c2c(C)ccc3c2oc2ccccc23)c1.[2H]C([2H])([2H])c1c[n+](C)c(-c2c(C)cc(C([2H])([2H])[2H])c3c2oc2ccccc23)cc1C.[2H]C([2H])([2H])c1c[n+](C)c(-c2c(C)ccc3c2oc2ccccc23)cc1C.[2H]C([2H])([2H])c1ccc(-c2c(C)cc(C([2H])([2H])[2H])c3c2oc2ccccc23)[n+](C)c1.[2H]C([2H])([2H])c1ccc(-c2c(C)ccc3c2oc2ccccc23)[n+](C)c1. The summed E-state index contributed by atoms with van der Waals surface area (Å²) in [6.45, 7) is -0.812. The number of fused-ring (bicyclic) bond motifs is 15. The van der Waals surface area contributed by atoms with Gasteiger partial charge in [-0.2, -0.15) is 0 Å². The average Bonchev–Trinajstić information content (AvgIpc) is 1.57. The smallest absolute Gasteiger partial charge is 0.216 e. The Balaban J connectivity index is 0.000000125. The summed E-state index contributed by atoms with van der Waals surface area (Å²) in [5.41, 5.74) is 24.1. The molecule has 0 bridgehead atoms. The van der Waals surface area contributed by atoms with E-state index in [1.807, 2.05) is 203 Å². The third-order valence-electron chi connectivity index (χ3n) is 22.1. The van der Waals surface area contributed by atoms with Gasteiger partial charge in [-0.05, 0) is 194 Å². The lowest BCUT2D eigenvalue weighted by atomic mass is 9.96. The Kier molecular flexibility index (Phi) is 14.6. The van der Waals surface area contributed by atoms with Crippen LogP contribution in [0.1, 0.15) is 128 Å². The molecule has 10 aromatic heterocycles. The van der Waals surface area contributed by atoms with Crippen LogP contribution in [0.2, 0.25) is 0 Å². The number of nitrogens with zero attached hydrogens (tertiary/aromatic N) is 5. The van der Waals surface area contributed by atoms with Crippen molar-refractivity contribution in [2.45, 2.75) is 109 Å². The van der Waals surface area contributed by atoms with Crippen molar-refractivity contribution in [3.05, 3.63) is 327 Å². The van der Waals surface area contributed by atoms with Gasteiger partial charge in [0.15, 0.2) is 31.0 Å². The van der Waals surface area contributed by atoms with E-state index < -0.39 is 53.9 Å². The molecule has 1 atom stereocenters. The molecule has 0 N–H and O–H groups in total. The van der Waals surface area contributed by atoms with Crippen LogP contribution in [0, 0.1) is 89.6 Å². The summed E-state index contributed by atoms with van der Waals surface area (Å²) in [6, 6.07) is 68.6. The zero-order valence-electron chi connectivity index (χ0n) is 88.9. The molecule has 0 radical (unpaired) electrons. The van der Waals surface area contributed by atoms with Crippen molar-refractivity contribution in [2.24, 2.45) is 35.2 Å². The second-order valence-electron chi connectivity index (χ2n) is 30.1. The molecular weight excluding hydrogens is 1420 g/mol. The lowest BCUT2D eigenvalue weighted by Crippen LogP contribution is -2.31. The van der Waals surface area contributed by atoms with E-state index in [9.17, 15) is 0 Å². The van der Waals surface area contributed by atoms with E-state index in [2.05, 4.69) is 55.5 Å². The second kappa shape index (κ2) is 31.0. The fourth-order valence-electron chi connectivity index (χ4n) is 16.1. The molecular formula is C106H102N5O5+5. The number of para-hydroxylation sites is 5. The third-order valence-corrected chi connectivity index (χ3v) is 22.1. The van der Waals surface area contributed by atoms with Gasteiger partial charge in [0, 0.05) is 143 Å². The minimum absolute atomic E-state index is 0.237. The third kappa shape index (κ3) is 14.0. The van der Waals surface area contributed by atoms with Crippen molar-refractivity contribution in [3.8, 4) is 56.3 Å². The van der Waals surface area contributed by atoms with Crippen LogP contribution in [0.5, 0.6) is 0 Å². The first-order valence-corrected chi connectivity index (χ1v) is 38.3. The van der Waals surface area contributed by atoms with E-state index in [0.717, 1.165) is 166 Å². The summed E-state index contributed by atoms with van der Waals surface area (Å²) in [7, 11) is 9.22. The Bertz CT molecular complexity index is 8240. The summed E-state index contributed by atoms with van der Waals surface area (Å²) in [6.07, 6.45) is 8.38. The molecule has 0 aliphatic carbocycles. The van der Waals surface area contributed by atoms with Gasteiger partial charge in [0.2, 0.25) is 28.5 Å². The number of furan rings is 5. The highest BCUT2D eigenvalue weighted by Crippen LogP contribution is 2.44. The summed E-state index contributed by atoms with van der Waals surface area (Å²) in [5.74, 6) is -1.70. The van der Waals surface area contributed by atoms with E-state index in [0.29, 0.717) is 55.4 Å². The van der Waals surface area contributed by atoms with Crippen LogP contribution in [0.4, 0.5) is 0 Å². The molecule has 20 rings (SSSR count). The molecule has 0 fully saturated rings. The van der Waals surface area contributed by atoms with Crippen molar-refractivity contribution in [3.63, 3.8) is 0 Å². The topological polar surface area (TPSA) is 85.1 Å². The number of aryl methyl sites for hydroxylation is 18. The fourth-order valence-corrected chi connectivity index (χ4v) is 16.1. The Morgan fingerprint density at radius 3 is 0.966 bits per heavy atom. The number of pyridine rings is 5. The number of hydrogen-bond donors (Lipinski definition) is 0. The van der Waals surface area contributed by atoms with Crippen LogP contribution in [-0.2, 0) is 35.2 Å². The number of hydrogen-bond acceptors (Lipinski definition) is 5. The highest BCUT2D eigenvalue weighted by Gasteiger charge is 2.28. The fraction of sp³-hybridized carbons (Fsp3) is 0.198. The van der Waals surface area contributed by atoms with Gasteiger partial charge < -0.3 is 22.1 Å². The molecule has 0 aliphatic heterocycles. The molecule has 10 heteroatoms. The summed E-state index contributed by atoms with van der Waals surface area (Å²) >= 11 is 0. The van der Waals surface area contributed by atoms with Crippen LogP contribution >= 0.6 is 0 Å². The molecule has 10 aromatic carbocycles. The first kappa shape index (κ1) is 54.6. The van der Waals surface area contributed by atoms with Crippen molar-refractivity contribution >= 4 is 110 Å².